The predicted octanol–water partition coefficient (Wildman–Crippen LogP) is 3.57. The lowest BCUT2D eigenvalue weighted by Crippen LogP contribution is -2.48. The number of nitro benzene ring substituents is 1. The maximum absolute atomic E-state index is 12.2. The third kappa shape index (κ3) is 5.36. The lowest BCUT2D eigenvalue weighted by Gasteiger charge is -2.35. The fraction of sp³-hybridized carbons (Fsp3) is 0.238. The number of halogens is 1. The van der Waals surface area contributed by atoms with Gasteiger partial charge in [0.05, 0.1) is 4.92 Å². The average Bonchev–Trinajstić information content (AvgIpc) is 2.73. The van der Waals surface area contributed by atoms with Crippen molar-refractivity contribution in [3.05, 3.63) is 69.2 Å². The van der Waals surface area contributed by atoms with Gasteiger partial charge in [-0.05, 0) is 42.0 Å². The number of carbonyl (C=O) groups excluding carboxylic acids is 2. The Kier molecular flexibility index (Phi) is 6.68. The summed E-state index contributed by atoms with van der Waals surface area (Å²) in [6.07, 6.45) is 2.80. The zero-order valence-electron chi connectivity index (χ0n) is 16.4. The first-order valence-corrected chi connectivity index (χ1v) is 9.75. The van der Waals surface area contributed by atoms with Crippen molar-refractivity contribution < 1.29 is 14.5 Å². The van der Waals surface area contributed by atoms with Crippen LogP contribution in [0.2, 0.25) is 5.02 Å². The lowest BCUT2D eigenvalue weighted by atomic mass is 10.2. The van der Waals surface area contributed by atoms with Crippen LogP contribution >= 0.6 is 11.6 Å². The van der Waals surface area contributed by atoms with Crippen LogP contribution in [0.25, 0.3) is 6.08 Å². The maximum Gasteiger partial charge on any atom is 0.288 e. The third-order valence-corrected chi connectivity index (χ3v) is 5.14. The largest absolute Gasteiger partial charge is 0.368 e. The number of carbonyl (C=O) groups is 2. The van der Waals surface area contributed by atoms with Crippen molar-refractivity contribution in [1.82, 2.24) is 4.90 Å². The Morgan fingerprint density at radius 3 is 2.37 bits per heavy atom. The second-order valence-electron chi connectivity index (χ2n) is 6.83. The molecule has 30 heavy (non-hydrogen) atoms. The van der Waals surface area contributed by atoms with Gasteiger partial charge in [-0.2, -0.15) is 0 Å². The summed E-state index contributed by atoms with van der Waals surface area (Å²) in [4.78, 5) is 38.0. The van der Waals surface area contributed by atoms with Crippen LogP contribution in [0.4, 0.5) is 17.1 Å². The van der Waals surface area contributed by atoms with Crippen LogP contribution in [0, 0.1) is 10.1 Å². The van der Waals surface area contributed by atoms with Gasteiger partial charge in [0.25, 0.3) is 5.69 Å². The minimum absolute atomic E-state index is 0.0457. The number of benzene rings is 2. The number of rotatable bonds is 5. The van der Waals surface area contributed by atoms with Crippen molar-refractivity contribution in [2.75, 3.05) is 36.4 Å². The number of nitro groups is 1. The van der Waals surface area contributed by atoms with E-state index in [0.717, 1.165) is 18.8 Å². The molecule has 0 unspecified atom stereocenters. The summed E-state index contributed by atoms with van der Waals surface area (Å²) in [6, 6.07) is 11.8. The molecule has 9 heteroatoms. The molecule has 1 aliphatic rings. The van der Waals surface area contributed by atoms with Gasteiger partial charge < -0.3 is 15.1 Å². The van der Waals surface area contributed by atoms with E-state index in [2.05, 4.69) is 10.2 Å². The molecule has 0 aliphatic carbocycles. The summed E-state index contributed by atoms with van der Waals surface area (Å²) in [5.74, 6) is -0.260. The first kappa shape index (κ1) is 21.3. The molecule has 0 bridgehead atoms. The van der Waals surface area contributed by atoms with Gasteiger partial charge in [0, 0.05) is 56.6 Å². The molecule has 0 atom stereocenters. The van der Waals surface area contributed by atoms with Gasteiger partial charge in [-0.15, -0.1) is 0 Å². The molecular formula is C21H21ClN4O4. The molecule has 0 spiro atoms. The van der Waals surface area contributed by atoms with Crippen LogP contribution in [-0.2, 0) is 9.59 Å². The van der Waals surface area contributed by atoms with E-state index in [0.29, 0.717) is 24.3 Å². The highest BCUT2D eigenvalue weighted by molar-refractivity contribution is 6.32. The van der Waals surface area contributed by atoms with E-state index in [9.17, 15) is 19.7 Å². The van der Waals surface area contributed by atoms with E-state index in [4.69, 9.17) is 11.6 Å². The van der Waals surface area contributed by atoms with Gasteiger partial charge in [-0.3, -0.25) is 19.7 Å². The third-order valence-electron chi connectivity index (χ3n) is 4.82. The predicted molar refractivity (Wildman–Crippen MR) is 117 cm³/mol. The smallest absolute Gasteiger partial charge is 0.288 e. The second kappa shape index (κ2) is 9.41. The fourth-order valence-corrected chi connectivity index (χ4v) is 3.35. The molecule has 1 heterocycles. The van der Waals surface area contributed by atoms with Crippen molar-refractivity contribution in [2.24, 2.45) is 0 Å². The number of hydrogen-bond acceptors (Lipinski definition) is 5. The quantitative estimate of drug-likeness (QED) is 0.446. The number of nitrogens with one attached hydrogen (secondary N) is 1. The molecule has 8 nitrogen and oxygen atoms in total. The number of hydrogen-bond donors (Lipinski definition) is 1. The van der Waals surface area contributed by atoms with E-state index in [1.807, 2.05) is 29.2 Å². The maximum atomic E-state index is 12.2. The van der Waals surface area contributed by atoms with Crippen molar-refractivity contribution >= 4 is 46.6 Å². The van der Waals surface area contributed by atoms with Crippen LogP contribution in [-0.4, -0.2) is 47.8 Å². The minimum Gasteiger partial charge on any atom is -0.368 e. The van der Waals surface area contributed by atoms with Crippen molar-refractivity contribution in [1.29, 1.82) is 0 Å². The van der Waals surface area contributed by atoms with E-state index < -0.39 is 4.92 Å². The Balaban J connectivity index is 1.57. The number of amides is 2. The van der Waals surface area contributed by atoms with Gasteiger partial charge in [0.2, 0.25) is 11.8 Å². The number of piperazine rings is 1. The van der Waals surface area contributed by atoms with Gasteiger partial charge in [0.15, 0.2) is 0 Å². The Morgan fingerprint density at radius 2 is 1.77 bits per heavy atom. The van der Waals surface area contributed by atoms with Gasteiger partial charge >= 0.3 is 0 Å². The SMILES string of the molecule is CC(=O)N1CCN(c2ccc(NC(=O)/C=C/c3ccc(Cl)c([N+](=O)[O-])c3)cc2)CC1. The molecule has 2 amide bonds. The standard InChI is InChI=1S/C21H21ClN4O4/c1-15(27)24-10-12-25(13-11-24)18-6-4-17(5-7-18)23-21(28)9-3-16-2-8-19(22)20(14-16)26(29)30/h2-9,14H,10-13H2,1H3,(H,23,28)/b9-3+. The molecule has 1 N–H and O–H groups in total. The van der Waals surface area contributed by atoms with E-state index >= 15 is 0 Å². The highest BCUT2D eigenvalue weighted by atomic mass is 35.5. The normalized spacial score (nSPS) is 14.1. The van der Waals surface area contributed by atoms with Crippen LogP contribution in [0.15, 0.2) is 48.5 Å². The zero-order valence-corrected chi connectivity index (χ0v) is 17.1. The zero-order chi connectivity index (χ0) is 21.7. The molecule has 1 fully saturated rings. The summed E-state index contributed by atoms with van der Waals surface area (Å²) in [6.45, 7) is 4.50. The molecule has 2 aromatic carbocycles. The van der Waals surface area contributed by atoms with Gasteiger partial charge in [-0.1, -0.05) is 17.7 Å². The first-order chi connectivity index (χ1) is 14.3. The Bertz CT molecular complexity index is 983. The molecule has 156 valence electrons. The number of nitrogens with zero attached hydrogens (tertiary/aromatic N) is 3. The van der Waals surface area contributed by atoms with Crippen molar-refractivity contribution in [3.8, 4) is 0 Å². The van der Waals surface area contributed by atoms with E-state index in [1.165, 1.54) is 24.3 Å². The summed E-state index contributed by atoms with van der Waals surface area (Å²) >= 11 is 5.79. The average molecular weight is 429 g/mol. The minimum atomic E-state index is -0.568. The molecule has 0 aromatic heterocycles. The summed E-state index contributed by atoms with van der Waals surface area (Å²) in [7, 11) is 0. The van der Waals surface area contributed by atoms with Crippen LogP contribution < -0.4 is 10.2 Å². The van der Waals surface area contributed by atoms with Crippen LogP contribution in [0.5, 0.6) is 0 Å². The monoisotopic (exact) mass is 428 g/mol. The molecular weight excluding hydrogens is 408 g/mol. The van der Waals surface area contributed by atoms with Gasteiger partial charge in [-0.25, -0.2) is 0 Å². The molecule has 1 saturated heterocycles. The molecule has 0 radical (unpaired) electrons. The second-order valence-corrected chi connectivity index (χ2v) is 7.24. The van der Waals surface area contributed by atoms with Crippen molar-refractivity contribution in [2.45, 2.75) is 6.92 Å². The summed E-state index contributed by atoms with van der Waals surface area (Å²) in [5, 5.41) is 13.7. The Labute approximate surface area is 178 Å². The fourth-order valence-electron chi connectivity index (χ4n) is 3.16. The molecule has 0 saturated carbocycles. The summed E-state index contributed by atoms with van der Waals surface area (Å²) in [5.41, 5.74) is 1.96. The Hall–Kier alpha value is -3.39. The van der Waals surface area contributed by atoms with Crippen molar-refractivity contribution in [3.63, 3.8) is 0 Å². The Morgan fingerprint density at radius 1 is 1.10 bits per heavy atom. The molecule has 3 rings (SSSR count). The van der Waals surface area contributed by atoms with Crippen LogP contribution in [0.1, 0.15) is 12.5 Å². The lowest BCUT2D eigenvalue weighted by molar-refractivity contribution is -0.384. The highest BCUT2D eigenvalue weighted by Gasteiger charge is 2.18. The number of anilines is 2. The molecule has 1 aliphatic heterocycles. The van der Waals surface area contributed by atoms with Gasteiger partial charge in [0.1, 0.15) is 5.02 Å². The first-order valence-electron chi connectivity index (χ1n) is 9.37. The highest BCUT2D eigenvalue weighted by Crippen LogP contribution is 2.25. The summed E-state index contributed by atoms with van der Waals surface area (Å²) < 4.78 is 0. The van der Waals surface area contributed by atoms with E-state index in [-0.39, 0.29) is 22.5 Å². The van der Waals surface area contributed by atoms with Crippen LogP contribution in [0.3, 0.4) is 0 Å². The molecule has 2 aromatic rings. The van der Waals surface area contributed by atoms with E-state index in [1.54, 1.807) is 13.0 Å². The topological polar surface area (TPSA) is 95.8 Å².